The molecule has 0 aromatic heterocycles. The van der Waals surface area contributed by atoms with Gasteiger partial charge >= 0.3 is 0 Å². The van der Waals surface area contributed by atoms with Gasteiger partial charge in [0.05, 0.1) is 16.1 Å². The minimum atomic E-state index is -0.403. The smallest absolute Gasteiger partial charge is 0.178 e. The number of hydrazine groups is 1. The Balaban J connectivity index is 2.02. The second-order valence-corrected chi connectivity index (χ2v) is 6.46. The van der Waals surface area contributed by atoms with Crippen LogP contribution in [0, 0.1) is 5.82 Å². The van der Waals surface area contributed by atoms with Crippen molar-refractivity contribution < 1.29 is 4.39 Å². The fourth-order valence-electron chi connectivity index (χ4n) is 1.94. The summed E-state index contributed by atoms with van der Waals surface area (Å²) in [6.45, 7) is 0. The summed E-state index contributed by atoms with van der Waals surface area (Å²) < 4.78 is 15.3. The third kappa shape index (κ3) is 2.88. The summed E-state index contributed by atoms with van der Waals surface area (Å²) >= 11 is 12.9. The molecule has 2 N–H and O–H groups in total. The third-order valence-electron chi connectivity index (χ3n) is 2.95. The SMILES string of the molecule is Fc1cccc(Br)c1C1=NN=C(c2c(Cl)cccc2Br)NN1. The Kier molecular flexibility index (Phi) is 4.46. The first-order valence-corrected chi connectivity index (χ1v) is 8.11. The van der Waals surface area contributed by atoms with Crippen LogP contribution < -0.4 is 10.9 Å². The predicted octanol–water partition coefficient (Wildman–Crippen LogP) is 4.22. The summed E-state index contributed by atoms with van der Waals surface area (Å²) in [6.07, 6.45) is 0. The average molecular weight is 447 g/mol. The second-order valence-electron chi connectivity index (χ2n) is 4.34. The van der Waals surface area contributed by atoms with Crippen molar-refractivity contribution in [1.82, 2.24) is 10.9 Å². The molecule has 0 aliphatic carbocycles. The summed E-state index contributed by atoms with van der Waals surface area (Å²) in [5.74, 6) is 0.311. The minimum Gasteiger partial charge on any atom is -0.281 e. The highest BCUT2D eigenvalue weighted by molar-refractivity contribution is 9.10. The zero-order valence-corrected chi connectivity index (χ0v) is 14.8. The fraction of sp³-hybridized carbons (Fsp3) is 0. The number of nitrogens with one attached hydrogen (secondary N) is 2. The Morgan fingerprint density at radius 3 is 1.95 bits per heavy atom. The van der Waals surface area contributed by atoms with Gasteiger partial charge in [-0.25, -0.2) is 4.39 Å². The zero-order chi connectivity index (χ0) is 15.7. The van der Waals surface area contributed by atoms with Gasteiger partial charge in [-0.2, -0.15) is 0 Å². The highest BCUT2D eigenvalue weighted by atomic mass is 79.9. The van der Waals surface area contributed by atoms with Crippen molar-refractivity contribution in [2.24, 2.45) is 10.2 Å². The van der Waals surface area contributed by atoms with Crippen molar-refractivity contribution in [1.29, 1.82) is 0 Å². The molecular formula is C14H8Br2ClFN4. The number of nitrogens with zero attached hydrogens (tertiary/aromatic N) is 2. The van der Waals surface area contributed by atoms with Crippen LogP contribution in [0.3, 0.4) is 0 Å². The molecule has 4 nitrogen and oxygen atoms in total. The first kappa shape index (κ1) is 15.5. The van der Waals surface area contributed by atoms with E-state index in [0.717, 1.165) is 4.47 Å². The van der Waals surface area contributed by atoms with Crippen molar-refractivity contribution >= 4 is 55.1 Å². The van der Waals surface area contributed by atoms with E-state index in [1.54, 1.807) is 18.2 Å². The van der Waals surface area contributed by atoms with Gasteiger partial charge in [-0.1, -0.05) is 23.7 Å². The normalized spacial score (nSPS) is 13.8. The lowest BCUT2D eigenvalue weighted by Gasteiger charge is -2.19. The summed E-state index contributed by atoms with van der Waals surface area (Å²) in [6, 6.07) is 10.1. The molecule has 1 heterocycles. The molecular weight excluding hydrogens is 438 g/mol. The summed E-state index contributed by atoms with van der Waals surface area (Å²) in [7, 11) is 0. The Hall–Kier alpha value is -1.44. The lowest BCUT2D eigenvalue weighted by Crippen LogP contribution is -2.45. The quantitative estimate of drug-likeness (QED) is 0.726. The fourth-order valence-corrected chi connectivity index (χ4v) is 3.40. The molecule has 22 heavy (non-hydrogen) atoms. The van der Waals surface area contributed by atoms with Gasteiger partial charge in [-0.15, -0.1) is 10.2 Å². The van der Waals surface area contributed by atoms with E-state index in [-0.39, 0.29) is 5.84 Å². The van der Waals surface area contributed by atoms with Crippen molar-refractivity contribution in [2.75, 3.05) is 0 Å². The van der Waals surface area contributed by atoms with Gasteiger partial charge in [0.15, 0.2) is 11.7 Å². The minimum absolute atomic E-state index is 0.275. The Bertz CT molecular complexity index is 699. The van der Waals surface area contributed by atoms with Gasteiger partial charge in [-0.05, 0) is 56.1 Å². The molecule has 0 spiro atoms. The maximum Gasteiger partial charge on any atom is 0.178 e. The van der Waals surface area contributed by atoms with Crippen molar-refractivity contribution in [3.05, 3.63) is 67.3 Å². The van der Waals surface area contributed by atoms with Gasteiger partial charge in [0.1, 0.15) is 5.82 Å². The molecule has 0 saturated heterocycles. The zero-order valence-electron chi connectivity index (χ0n) is 10.9. The molecule has 0 unspecified atom stereocenters. The van der Waals surface area contributed by atoms with Gasteiger partial charge in [0.2, 0.25) is 0 Å². The van der Waals surface area contributed by atoms with Crippen LogP contribution in [0.1, 0.15) is 11.1 Å². The molecule has 1 aliphatic heterocycles. The van der Waals surface area contributed by atoms with Gasteiger partial charge < -0.3 is 0 Å². The third-order valence-corrected chi connectivity index (χ3v) is 4.59. The van der Waals surface area contributed by atoms with Crippen molar-refractivity contribution in [3.63, 3.8) is 0 Å². The maximum atomic E-state index is 13.9. The molecule has 8 heteroatoms. The Morgan fingerprint density at radius 1 is 0.864 bits per heavy atom. The van der Waals surface area contributed by atoms with Crippen LogP contribution in [0.5, 0.6) is 0 Å². The van der Waals surface area contributed by atoms with Crippen LogP contribution in [0.4, 0.5) is 4.39 Å². The Morgan fingerprint density at radius 2 is 1.41 bits per heavy atom. The molecule has 112 valence electrons. The molecule has 0 saturated carbocycles. The van der Waals surface area contributed by atoms with Gasteiger partial charge in [0, 0.05) is 8.95 Å². The first-order chi connectivity index (χ1) is 10.6. The van der Waals surface area contributed by atoms with Crippen LogP contribution >= 0.6 is 43.5 Å². The molecule has 0 bridgehead atoms. The van der Waals surface area contributed by atoms with E-state index < -0.39 is 5.82 Å². The number of hydrogen-bond acceptors (Lipinski definition) is 4. The highest BCUT2D eigenvalue weighted by Gasteiger charge is 2.20. The Labute approximate surface area is 147 Å². The number of halogens is 4. The van der Waals surface area contributed by atoms with E-state index in [1.807, 2.05) is 12.1 Å². The van der Waals surface area contributed by atoms with Crippen LogP contribution in [0.2, 0.25) is 5.02 Å². The second kappa shape index (κ2) is 6.36. The molecule has 2 aromatic rings. The van der Waals surface area contributed by atoms with Gasteiger partial charge in [0.25, 0.3) is 0 Å². The number of benzene rings is 2. The molecule has 0 radical (unpaired) electrons. The predicted molar refractivity (Wildman–Crippen MR) is 92.6 cm³/mol. The lowest BCUT2D eigenvalue weighted by molar-refractivity contribution is 0.621. The van der Waals surface area contributed by atoms with Crippen LogP contribution in [0.15, 0.2) is 55.5 Å². The monoisotopic (exact) mass is 444 g/mol. The molecule has 0 atom stereocenters. The van der Waals surface area contributed by atoms with E-state index >= 15 is 0 Å². The van der Waals surface area contributed by atoms with Crippen molar-refractivity contribution in [3.8, 4) is 0 Å². The van der Waals surface area contributed by atoms with E-state index in [0.29, 0.717) is 26.5 Å². The molecule has 0 fully saturated rings. The number of hydrogen-bond donors (Lipinski definition) is 2. The summed E-state index contributed by atoms with van der Waals surface area (Å²) in [4.78, 5) is 0. The summed E-state index contributed by atoms with van der Waals surface area (Å²) in [5.41, 5.74) is 6.70. The lowest BCUT2D eigenvalue weighted by atomic mass is 10.2. The molecule has 3 rings (SSSR count). The molecule has 0 amide bonds. The maximum absolute atomic E-state index is 13.9. The van der Waals surface area contributed by atoms with Crippen LogP contribution in [0.25, 0.3) is 0 Å². The van der Waals surface area contributed by atoms with E-state index in [1.165, 1.54) is 6.07 Å². The average Bonchev–Trinajstić information content (AvgIpc) is 2.48. The largest absolute Gasteiger partial charge is 0.281 e. The molecule has 1 aliphatic rings. The first-order valence-electron chi connectivity index (χ1n) is 6.14. The summed E-state index contributed by atoms with van der Waals surface area (Å²) in [5, 5.41) is 8.65. The van der Waals surface area contributed by atoms with E-state index in [4.69, 9.17) is 11.6 Å². The van der Waals surface area contributed by atoms with E-state index in [2.05, 4.69) is 52.9 Å². The standard InChI is InChI=1S/C14H8Br2ClFN4/c15-7-3-1-5-9(17)11(7)13-19-21-14(22-20-13)12-8(16)4-2-6-10(12)18/h1-6H,(H,19,20)(H,21,22). The topological polar surface area (TPSA) is 48.8 Å². The van der Waals surface area contributed by atoms with Crippen LogP contribution in [-0.4, -0.2) is 11.7 Å². The van der Waals surface area contributed by atoms with E-state index in [9.17, 15) is 4.39 Å². The molecule has 2 aromatic carbocycles. The van der Waals surface area contributed by atoms with Gasteiger partial charge in [-0.3, -0.25) is 10.9 Å². The number of rotatable bonds is 2. The van der Waals surface area contributed by atoms with Crippen LogP contribution in [-0.2, 0) is 0 Å². The highest BCUT2D eigenvalue weighted by Crippen LogP contribution is 2.26. The number of amidine groups is 2. The van der Waals surface area contributed by atoms with Crippen molar-refractivity contribution in [2.45, 2.75) is 0 Å².